The fourth-order valence-electron chi connectivity index (χ4n) is 2.59. The molecule has 0 spiro atoms. The number of imide groups is 2. The van der Waals surface area contributed by atoms with E-state index < -0.39 is 29.7 Å². The van der Waals surface area contributed by atoms with Gasteiger partial charge in [0.25, 0.3) is 0 Å². The summed E-state index contributed by atoms with van der Waals surface area (Å²) in [4.78, 5) is 45.7. The zero-order chi connectivity index (χ0) is 18.1. The number of benzene rings is 1. The third-order valence-corrected chi connectivity index (χ3v) is 3.92. The number of rotatable bonds is 4. The Morgan fingerprint density at radius 1 is 1.12 bits per heavy atom. The fourth-order valence-corrected chi connectivity index (χ4v) is 2.59. The normalized spacial score (nSPS) is 15.0. The van der Waals surface area contributed by atoms with Gasteiger partial charge in [0.15, 0.2) is 0 Å². The first kappa shape index (κ1) is 16.4. The van der Waals surface area contributed by atoms with Crippen LogP contribution in [0.2, 0.25) is 0 Å². The number of nitrogens with one attached hydrogen (secondary N) is 2. The first-order valence-electron chi connectivity index (χ1n) is 7.44. The maximum atomic E-state index is 11.8. The van der Waals surface area contributed by atoms with Crippen LogP contribution in [-0.2, 0) is 16.0 Å². The number of carbonyl (C=O) groups is 4. The van der Waals surface area contributed by atoms with E-state index in [1.807, 2.05) is 17.6 Å². The molecule has 4 amide bonds. The van der Waals surface area contributed by atoms with Crippen LogP contribution in [0.15, 0.2) is 34.7 Å². The van der Waals surface area contributed by atoms with Gasteiger partial charge in [0.2, 0.25) is 11.8 Å². The Labute approximate surface area is 141 Å². The molecule has 2 aromatic rings. The molecule has 0 bridgehead atoms. The number of hydrogen-bond donors (Lipinski definition) is 3. The maximum absolute atomic E-state index is 11.8. The summed E-state index contributed by atoms with van der Waals surface area (Å²) >= 11 is 0. The van der Waals surface area contributed by atoms with Crippen molar-refractivity contribution in [3.8, 4) is 11.3 Å². The molecule has 1 aromatic carbocycles. The molecule has 8 nitrogen and oxygen atoms in total. The number of carbonyl (C=O) groups excluding carboxylic acids is 3. The Balaban J connectivity index is 1.85. The number of carboxylic acids is 1. The molecular formula is C17H14N2O6. The quantitative estimate of drug-likeness (QED) is 0.723. The van der Waals surface area contributed by atoms with Crippen molar-refractivity contribution in [2.45, 2.75) is 13.3 Å². The molecular weight excluding hydrogens is 328 g/mol. The standard InChI is InChI=1S/C17H14N2O6/c1-8-2-3-9(16(22)23)6-11(8)13-5-4-10(25-13)7-12-14(20)18-17(24)19-15(12)21/h2-6,12H,7H2,1H3,(H,22,23)(H2,18,19,20,21,24). The van der Waals surface area contributed by atoms with E-state index in [1.54, 1.807) is 18.2 Å². The van der Waals surface area contributed by atoms with Crippen LogP contribution in [0.3, 0.4) is 0 Å². The van der Waals surface area contributed by atoms with Gasteiger partial charge in [0, 0.05) is 12.0 Å². The van der Waals surface area contributed by atoms with Crippen molar-refractivity contribution in [1.29, 1.82) is 0 Å². The zero-order valence-electron chi connectivity index (χ0n) is 13.2. The summed E-state index contributed by atoms with van der Waals surface area (Å²) in [5.41, 5.74) is 1.56. The summed E-state index contributed by atoms with van der Waals surface area (Å²) < 4.78 is 5.67. The van der Waals surface area contributed by atoms with E-state index in [1.165, 1.54) is 12.1 Å². The average molecular weight is 342 g/mol. The van der Waals surface area contributed by atoms with Crippen LogP contribution in [0.4, 0.5) is 4.79 Å². The van der Waals surface area contributed by atoms with Crippen molar-refractivity contribution in [3.63, 3.8) is 0 Å². The number of furan rings is 1. The zero-order valence-corrected chi connectivity index (χ0v) is 13.2. The van der Waals surface area contributed by atoms with Crippen LogP contribution in [0.5, 0.6) is 0 Å². The van der Waals surface area contributed by atoms with E-state index in [-0.39, 0.29) is 12.0 Å². The molecule has 0 aliphatic carbocycles. The molecule has 0 unspecified atom stereocenters. The Hall–Kier alpha value is -3.42. The lowest BCUT2D eigenvalue weighted by atomic mass is 10.0. The van der Waals surface area contributed by atoms with Gasteiger partial charge in [-0.2, -0.15) is 0 Å². The summed E-state index contributed by atoms with van der Waals surface area (Å²) in [5, 5.41) is 13.2. The lowest BCUT2D eigenvalue weighted by Crippen LogP contribution is -2.56. The molecule has 3 rings (SSSR count). The molecule has 0 atom stereocenters. The number of aromatic carboxylic acids is 1. The SMILES string of the molecule is Cc1ccc(C(=O)O)cc1-c1ccc(CC2C(=O)NC(=O)NC2=O)o1. The van der Waals surface area contributed by atoms with Gasteiger partial charge in [-0.1, -0.05) is 6.07 Å². The number of barbiturate groups is 1. The number of hydrogen-bond acceptors (Lipinski definition) is 5. The van der Waals surface area contributed by atoms with E-state index in [2.05, 4.69) is 0 Å². The third kappa shape index (κ3) is 3.27. The Bertz CT molecular complexity index is 878. The Morgan fingerprint density at radius 2 is 1.80 bits per heavy atom. The molecule has 3 N–H and O–H groups in total. The minimum absolute atomic E-state index is 0.0113. The minimum atomic E-state index is -1.07. The smallest absolute Gasteiger partial charge is 0.335 e. The first-order chi connectivity index (χ1) is 11.8. The maximum Gasteiger partial charge on any atom is 0.335 e. The van der Waals surface area contributed by atoms with E-state index in [0.717, 1.165) is 5.56 Å². The molecule has 128 valence electrons. The second-order valence-corrected chi connectivity index (χ2v) is 5.67. The van der Waals surface area contributed by atoms with Crippen LogP contribution in [-0.4, -0.2) is 28.9 Å². The van der Waals surface area contributed by atoms with Gasteiger partial charge in [0.05, 0.1) is 5.56 Å². The largest absolute Gasteiger partial charge is 0.478 e. The highest BCUT2D eigenvalue weighted by atomic mass is 16.4. The third-order valence-electron chi connectivity index (χ3n) is 3.92. The van der Waals surface area contributed by atoms with Crippen molar-refractivity contribution < 1.29 is 28.7 Å². The molecule has 8 heteroatoms. The highest BCUT2D eigenvalue weighted by Crippen LogP contribution is 2.28. The molecule has 1 aromatic heterocycles. The number of aryl methyl sites for hydroxylation is 1. The molecule has 1 aliphatic rings. The monoisotopic (exact) mass is 342 g/mol. The molecule has 1 saturated heterocycles. The minimum Gasteiger partial charge on any atom is -0.478 e. The second-order valence-electron chi connectivity index (χ2n) is 5.67. The van der Waals surface area contributed by atoms with E-state index >= 15 is 0 Å². The van der Waals surface area contributed by atoms with Gasteiger partial charge in [-0.25, -0.2) is 9.59 Å². The van der Waals surface area contributed by atoms with Crippen molar-refractivity contribution in [2.75, 3.05) is 0 Å². The van der Waals surface area contributed by atoms with Crippen molar-refractivity contribution in [2.24, 2.45) is 5.92 Å². The molecule has 0 saturated carbocycles. The van der Waals surface area contributed by atoms with Crippen LogP contribution in [0.1, 0.15) is 21.7 Å². The van der Waals surface area contributed by atoms with Gasteiger partial charge in [-0.3, -0.25) is 20.2 Å². The predicted molar refractivity (Wildman–Crippen MR) is 84.7 cm³/mol. The molecule has 25 heavy (non-hydrogen) atoms. The predicted octanol–water partition coefficient (Wildman–Crippen LogP) is 1.48. The van der Waals surface area contributed by atoms with Gasteiger partial charge in [-0.15, -0.1) is 0 Å². The Morgan fingerprint density at radius 3 is 2.44 bits per heavy atom. The molecule has 1 fully saturated rings. The topological polar surface area (TPSA) is 126 Å². The molecule has 0 radical (unpaired) electrons. The molecule has 2 heterocycles. The van der Waals surface area contributed by atoms with Crippen molar-refractivity contribution in [3.05, 3.63) is 47.2 Å². The van der Waals surface area contributed by atoms with Gasteiger partial charge in [-0.05, 0) is 36.8 Å². The highest BCUT2D eigenvalue weighted by Gasteiger charge is 2.34. The number of urea groups is 1. The Kier molecular flexibility index (Phi) is 4.10. The van der Waals surface area contributed by atoms with Gasteiger partial charge in [0.1, 0.15) is 17.4 Å². The van der Waals surface area contributed by atoms with Crippen LogP contribution >= 0.6 is 0 Å². The summed E-state index contributed by atoms with van der Waals surface area (Å²) in [6.45, 7) is 1.82. The second kappa shape index (κ2) is 6.23. The number of carboxylic acid groups (broad SMARTS) is 1. The highest BCUT2D eigenvalue weighted by molar-refractivity contribution is 6.16. The van der Waals surface area contributed by atoms with Crippen LogP contribution < -0.4 is 10.6 Å². The fraction of sp³-hybridized carbons (Fsp3) is 0.176. The van der Waals surface area contributed by atoms with Crippen LogP contribution in [0.25, 0.3) is 11.3 Å². The lowest BCUT2D eigenvalue weighted by Gasteiger charge is -2.19. The van der Waals surface area contributed by atoms with E-state index in [4.69, 9.17) is 9.52 Å². The van der Waals surface area contributed by atoms with Gasteiger partial charge < -0.3 is 9.52 Å². The van der Waals surface area contributed by atoms with Crippen molar-refractivity contribution >= 4 is 23.8 Å². The first-order valence-corrected chi connectivity index (χ1v) is 7.44. The van der Waals surface area contributed by atoms with Gasteiger partial charge >= 0.3 is 12.0 Å². The summed E-state index contributed by atoms with van der Waals surface area (Å²) in [7, 11) is 0. The number of amides is 4. The van der Waals surface area contributed by atoms with E-state index in [9.17, 15) is 19.2 Å². The van der Waals surface area contributed by atoms with E-state index in [0.29, 0.717) is 17.1 Å². The van der Waals surface area contributed by atoms with Crippen LogP contribution in [0, 0.1) is 12.8 Å². The average Bonchev–Trinajstić information content (AvgIpc) is 2.99. The van der Waals surface area contributed by atoms with Crippen molar-refractivity contribution in [1.82, 2.24) is 10.6 Å². The summed E-state index contributed by atoms with van der Waals surface area (Å²) in [6.07, 6.45) is -0.0113. The molecule has 1 aliphatic heterocycles. The summed E-state index contributed by atoms with van der Waals surface area (Å²) in [6, 6.07) is 7.09. The lowest BCUT2D eigenvalue weighted by molar-refractivity contribution is -0.135. The summed E-state index contributed by atoms with van der Waals surface area (Å²) in [5.74, 6) is -2.68.